The van der Waals surface area contributed by atoms with Crippen molar-refractivity contribution in [3.63, 3.8) is 0 Å². The van der Waals surface area contributed by atoms with Crippen molar-refractivity contribution >= 4 is 23.9 Å². The number of benzene rings is 2. The number of carbonyl (C=O) groups is 1. The van der Waals surface area contributed by atoms with Gasteiger partial charge in [0.05, 0.1) is 12.0 Å². The molecule has 0 fully saturated rings. The Balaban J connectivity index is 1.52. The van der Waals surface area contributed by atoms with E-state index >= 15 is 0 Å². The topological polar surface area (TPSA) is 59.9 Å². The molecule has 24 heavy (non-hydrogen) atoms. The van der Waals surface area contributed by atoms with Gasteiger partial charge in [-0.2, -0.15) is 5.10 Å². The summed E-state index contributed by atoms with van der Waals surface area (Å²) < 4.78 is 11.1. The van der Waals surface area contributed by atoms with Crippen LogP contribution in [0.25, 0.3) is 0 Å². The first-order chi connectivity index (χ1) is 11.7. The zero-order chi connectivity index (χ0) is 16.8. The molecule has 0 spiro atoms. The normalized spacial score (nSPS) is 13.0. The second-order valence-electron chi connectivity index (χ2n) is 5.27. The molecule has 0 aromatic heterocycles. The minimum atomic E-state index is -0.154. The van der Waals surface area contributed by atoms with Gasteiger partial charge in [0.25, 0.3) is 0 Å². The zero-order valence-electron chi connectivity index (χ0n) is 13.3. The summed E-state index contributed by atoms with van der Waals surface area (Å²) in [6.07, 6.45) is 1.57. The van der Waals surface area contributed by atoms with E-state index in [9.17, 15) is 4.79 Å². The number of nitrogens with zero attached hydrogens (tertiary/aromatic N) is 1. The van der Waals surface area contributed by atoms with Gasteiger partial charge in [0.2, 0.25) is 5.91 Å². The van der Waals surface area contributed by atoms with Crippen LogP contribution in [0.15, 0.2) is 52.5 Å². The molecule has 0 bridgehead atoms. The third kappa shape index (κ3) is 4.29. The number of ether oxygens (including phenoxy) is 2. The van der Waals surface area contributed by atoms with Gasteiger partial charge in [-0.25, -0.2) is 5.43 Å². The van der Waals surface area contributed by atoms with Gasteiger partial charge in [0.15, 0.2) is 11.5 Å². The summed E-state index contributed by atoms with van der Waals surface area (Å²) in [5.41, 5.74) is 4.51. The highest BCUT2D eigenvalue weighted by molar-refractivity contribution is 8.00. The van der Waals surface area contributed by atoms with Gasteiger partial charge in [0.1, 0.15) is 13.2 Å². The maximum absolute atomic E-state index is 11.9. The molecule has 2 aromatic carbocycles. The lowest BCUT2D eigenvalue weighted by Crippen LogP contribution is -2.20. The maximum Gasteiger partial charge on any atom is 0.250 e. The Hall–Kier alpha value is -2.47. The predicted molar refractivity (Wildman–Crippen MR) is 95.1 cm³/mol. The third-order valence-corrected chi connectivity index (χ3v) is 4.39. The maximum atomic E-state index is 11.9. The van der Waals surface area contributed by atoms with Crippen LogP contribution in [0.4, 0.5) is 0 Å². The number of aryl methyl sites for hydroxylation is 1. The summed E-state index contributed by atoms with van der Waals surface area (Å²) in [5.74, 6) is 1.52. The van der Waals surface area contributed by atoms with Crippen LogP contribution in [0.5, 0.6) is 11.5 Å². The smallest absolute Gasteiger partial charge is 0.250 e. The van der Waals surface area contributed by atoms with Crippen molar-refractivity contribution in [2.75, 3.05) is 19.0 Å². The van der Waals surface area contributed by atoms with Gasteiger partial charge in [-0.05, 0) is 31.2 Å². The average Bonchev–Trinajstić information content (AvgIpc) is 2.61. The number of nitrogens with one attached hydrogen (secondary N) is 1. The van der Waals surface area contributed by atoms with Crippen LogP contribution in [-0.4, -0.2) is 31.1 Å². The summed E-state index contributed by atoms with van der Waals surface area (Å²) in [6, 6.07) is 13.6. The van der Waals surface area contributed by atoms with Crippen LogP contribution in [0.2, 0.25) is 0 Å². The van der Waals surface area contributed by atoms with E-state index in [1.165, 1.54) is 17.3 Å². The van der Waals surface area contributed by atoms with Crippen LogP contribution < -0.4 is 14.9 Å². The first kappa shape index (κ1) is 16.4. The van der Waals surface area contributed by atoms with Crippen molar-refractivity contribution in [1.29, 1.82) is 0 Å². The van der Waals surface area contributed by atoms with Gasteiger partial charge in [-0.1, -0.05) is 23.8 Å². The summed E-state index contributed by atoms with van der Waals surface area (Å²) in [5, 5.41) is 4.00. The zero-order valence-corrected chi connectivity index (χ0v) is 14.1. The van der Waals surface area contributed by atoms with Crippen LogP contribution in [0.1, 0.15) is 11.1 Å². The number of thioether (sulfide) groups is 1. The number of carbonyl (C=O) groups excluding carboxylic acids is 1. The fraction of sp³-hybridized carbons (Fsp3) is 0.222. The molecule has 2 aromatic rings. The molecular formula is C18H18N2O3S. The van der Waals surface area contributed by atoms with Gasteiger partial charge in [0, 0.05) is 10.5 Å². The van der Waals surface area contributed by atoms with Gasteiger partial charge >= 0.3 is 0 Å². The van der Waals surface area contributed by atoms with E-state index in [1.807, 2.05) is 49.4 Å². The standard InChI is InChI=1S/C18H18N2O3S/c1-13-5-7-15(8-6-13)24-12-17(21)20-19-11-14-3-2-4-16-18(14)23-10-9-22-16/h2-8,11H,9-10,12H2,1H3,(H,20,21)/b19-11-. The SMILES string of the molecule is Cc1ccc(SCC(=O)N/N=C\c2cccc3c2OCCO3)cc1. The highest BCUT2D eigenvalue weighted by atomic mass is 32.2. The van der Waals surface area contributed by atoms with Crippen LogP contribution in [0.3, 0.4) is 0 Å². The predicted octanol–water partition coefficient (Wildman–Crippen LogP) is 3.01. The Morgan fingerprint density at radius 3 is 2.83 bits per heavy atom. The van der Waals surface area contributed by atoms with Crippen molar-refractivity contribution in [2.24, 2.45) is 5.10 Å². The molecule has 3 rings (SSSR count). The molecule has 1 aliphatic rings. The molecule has 0 atom stereocenters. The molecule has 5 nitrogen and oxygen atoms in total. The number of hydrazone groups is 1. The number of fused-ring (bicyclic) bond motifs is 1. The Morgan fingerprint density at radius 2 is 2.00 bits per heavy atom. The Labute approximate surface area is 145 Å². The monoisotopic (exact) mass is 342 g/mol. The molecule has 1 aliphatic heterocycles. The first-order valence-electron chi connectivity index (χ1n) is 7.62. The number of rotatable bonds is 5. The van der Waals surface area contributed by atoms with E-state index in [4.69, 9.17) is 9.47 Å². The van der Waals surface area contributed by atoms with Gasteiger partial charge in [-0.15, -0.1) is 11.8 Å². The summed E-state index contributed by atoms with van der Waals surface area (Å²) in [6.45, 7) is 3.09. The largest absolute Gasteiger partial charge is 0.486 e. The van der Waals surface area contributed by atoms with Crippen molar-refractivity contribution < 1.29 is 14.3 Å². The fourth-order valence-corrected chi connectivity index (χ4v) is 2.88. The average molecular weight is 342 g/mol. The molecule has 1 amide bonds. The second kappa shape index (κ2) is 7.88. The van der Waals surface area contributed by atoms with Crippen molar-refractivity contribution in [3.05, 3.63) is 53.6 Å². The van der Waals surface area contributed by atoms with E-state index in [0.29, 0.717) is 30.5 Å². The lowest BCUT2D eigenvalue weighted by atomic mass is 10.2. The van der Waals surface area contributed by atoms with Crippen LogP contribution in [0, 0.1) is 6.92 Å². The second-order valence-corrected chi connectivity index (χ2v) is 6.32. The summed E-state index contributed by atoms with van der Waals surface area (Å²) >= 11 is 1.48. The highest BCUT2D eigenvalue weighted by Crippen LogP contribution is 2.32. The lowest BCUT2D eigenvalue weighted by Gasteiger charge is -2.19. The number of para-hydroxylation sites is 1. The van der Waals surface area contributed by atoms with Crippen LogP contribution in [-0.2, 0) is 4.79 Å². The molecule has 6 heteroatoms. The molecular weight excluding hydrogens is 324 g/mol. The molecule has 0 aliphatic carbocycles. The van der Waals surface area contributed by atoms with Crippen LogP contribution >= 0.6 is 11.8 Å². The third-order valence-electron chi connectivity index (χ3n) is 3.38. The van der Waals surface area contributed by atoms with E-state index in [2.05, 4.69) is 10.5 Å². The molecule has 124 valence electrons. The van der Waals surface area contributed by atoms with E-state index < -0.39 is 0 Å². The lowest BCUT2D eigenvalue weighted by molar-refractivity contribution is -0.118. The molecule has 1 heterocycles. The minimum absolute atomic E-state index is 0.154. The summed E-state index contributed by atoms with van der Waals surface area (Å²) in [7, 11) is 0. The number of hydrogen-bond acceptors (Lipinski definition) is 5. The number of amides is 1. The van der Waals surface area contributed by atoms with Gasteiger partial charge in [-0.3, -0.25) is 4.79 Å². The van der Waals surface area contributed by atoms with E-state index in [0.717, 1.165) is 10.5 Å². The van der Waals surface area contributed by atoms with Crippen molar-refractivity contribution in [1.82, 2.24) is 5.43 Å². The first-order valence-corrected chi connectivity index (χ1v) is 8.61. The van der Waals surface area contributed by atoms with Crippen molar-refractivity contribution in [3.8, 4) is 11.5 Å². The minimum Gasteiger partial charge on any atom is -0.486 e. The number of hydrogen-bond donors (Lipinski definition) is 1. The van der Waals surface area contributed by atoms with Crippen molar-refractivity contribution in [2.45, 2.75) is 11.8 Å². The van der Waals surface area contributed by atoms with Gasteiger partial charge < -0.3 is 9.47 Å². The highest BCUT2D eigenvalue weighted by Gasteiger charge is 2.14. The summed E-state index contributed by atoms with van der Waals surface area (Å²) in [4.78, 5) is 12.9. The van der Waals surface area contributed by atoms with E-state index in [-0.39, 0.29) is 5.91 Å². The molecule has 0 unspecified atom stereocenters. The Bertz CT molecular complexity index is 744. The van der Waals surface area contributed by atoms with E-state index in [1.54, 1.807) is 6.21 Å². The Morgan fingerprint density at radius 1 is 1.21 bits per heavy atom. The Kier molecular flexibility index (Phi) is 5.38. The quantitative estimate of drug-likeness (QED) is 0.515. The molecule has 0 saturated carbocycles. The molecule has 0 saturated heterocycles. The fourth-order valence-electron chi connectivity index (χ4n) is 2.19. The molecule has 1 N–H and O–H groups in total. The molecule has 0 radical (unpaired) electrons.